The van der Waals surface area contributed by atoms with Crippen LogP contribution in [0.15, 0.2) is 22.7 Å². The lowest BCUT2D eigenvalue weighted by Crippen LogP contribution is -2.01. The van der Waals surface area contributed by atoms with E-state index < -0.39 is 0 Å². The lowest BCUT2D eigenvalue weighted by molar-refractivity contribution is 0.233. The second kappa shape index (κ2) is 6.01. The lowest BCUT2D eigenvalue weighted by Gasteiger charge is -2.07. The van der Waals surface area contributed by atoms with E-state index in [9.17, 15) is 0 Å². The van der Waals surface area contributed by atoms with E-state index >= 15 is 0 Å². The van der Waals surface area contributed by atoms with Crippen molar-refractivity contribution in [1.29, 1.82) is 0 Å². The summed E-state index contributed by atoms with van der Waals surface area (Å²) in [7, 11) is 0. The van der Waals surface area contributed by atoms with Crippen molar-refractivity contribution in [3.05, 3.63) is 28.2 Å². The Kier molecular flexibility index (Phi) is 4.93. The van der Waals surface area contributed by atoms with Crippen LogP contribution in [0.2, 0.25) is 0 Å². The van der Waals surface area contributed by atoms with E-state index in [0.717, 1.165) is 15.8 Å². The van der Waals surface area contributed by atoms with Crippen molar-refractivity contribution >= 4 is 15.9 Å². The summed E-state index contributed by atoms with van der Waals surface area (Å²) in [6.45, 7) is 1.17. The van der Waals surface area contributed by atoms with E-state index in [4.69, 9.17) is 15.6 Å². The van der Waals surface area contributed by atoms with Gasteiger partial charge in [0, 0.05) is 24.0 Å². The van der Waals surface area contributed by atoms with Crippen LogP contribution in [0.1, 0.15) is 12.0 Å². The van der Waals surface area contributed by atoms with E-state index in [0.29, 0.717) is 19.6 Å². The molecule has 1 aromatic carbocycles. The topological polar surface area (TPSA) is 55.5 Å². The Labute approximate surface area is 92.0 Å². The first kappa shape index (κ1) is 11.5. The second-order valence-corrected chi connectivity index (χ2v) is 3.84. The standard InChI is InChI=1S/C10H14BrNO2/c11-9-4-8(7-12)5-10(6-9)14-3-1-2-13/h4-6,13H,1-3,7,12H2. The summed E-state index contributed by atoms with van der Waals surface area (Å²) in [5.74, 6) is 0.785. The number of hydrogen-bond donors (Lipinski definition) is 2. The Morgan fingerprint density at radius 2 is 2.14 bits per heavy atom. The summed E-state index contributed by atoms with van der Waals surface area (Å²) in [5.41, 5.74) is 6.55. The second-order valence-electron chi connectivity index (χ2n) is 2.92. The molecule has 0 bridgehead atoms. The first-order valence-corrected chi connectivity index (χ1v) is 5.28. The Balaban J connectivity index is 2.62. The summed E-state index contributed by atoms with van der Waals surface area (Å²) in [5, 5.41) is 8.59. The Bertz CT molecular complexity index is 291. The largest absolute Gasteiger partial charge is 0.493 e. The number of aliphatic hydroxyl groups is 1. The highest BCUT2D eigenvalue weighted by atomic mass is 79.9. The van der Waals surface area contributed by atoms with Gasteiger partial charge in [-0.25, -0.2) is 0 Å². The van der Waals surface area contributed by atoms with Gasteiger partial charge in [-0.05, 0) is 23.8 Å². The molecule has 0 amide bonds. The van der Waals surface area contributed by atoms with Crippen LogP contribution in [0.3, 0.4) is 0 Å². The zero-order valence-electron chi connectivity index (χ0n) is 7.87. The van der Waals surface area contributed by atoms with Gasteiger partial charge >= 0.3 is 0 Å². The van der Waals surface area contributed by atoms with Gasteiger partial charge in [0.2, 0.25) is 0 Å². The van der Waals surface area contributed by atoms with Crippen LogP contribution >= 0.6 is 15.9 Å². The predicted octanol–water partition coefficient (Wildman–Crippen LogP) is 1.67. The fraction of sp³-hybridized carbons (Fsp3) is 0.400. The average Bonchev–Trinajstić information content (AvgIpc) is 2.17. The molecular weight excluding hydrogens is 246 g/mol. The fourth-order valence-corrected chi connectivity index (χ4v) is 1.60. The molecule has 1 aromatic rings. The van der Waals surface area contributed by atoms with Crippen LogP contribution in [0.4, 0.5) is 0 Å². The van der Waals surface area contributed by atoms with E-state index in [1.807, 2.05) is 18.2 Å². The number of halogens is 1. The third-order valence-electron chi connectivity index (χ3n) is 1.74. The minimum absolute atomic E-state index is 0.151. The van der Waals surface area contributed by atoms with Crippen LogP contribution in [0.25, 0.3) is 0 Å². The molecule has 0 aliphatic carbocycles. The first-order valence-electron chi connectivity index (χ1n) is 4.49. The Morgan fingerprint density at radius 1 is 1.36 bits per heavy atom. The zero-order valence-corrected chi connectivity index (χ0v) is 9.46. The molecule has 0 unspecified atom stereocenters. The van der Waals surface area contributed by atoms with Crippen LogP contribution in [-0.4, -0.2) is 18.3 Å². The molecule has 0 aliphatic rings. The smallest absolute Gasteiger partial charge is 0.120 e. The fourth-order valence-electron chi connectivity index (χ4n) is 1.08. The van der Waals surface area contributed by atoms with Gasteiger partial charge in [-0.3, -0.25) is 0 Å². The molecule has 0 radical (unpaired) electrons. The molecule has 4 heteroatoms. The van der Waals surface area contributed by atoms with Crippen molar-refractivity contribution in [2.45, 2.75) is 13.0 Å². The van der Waals surface area contributed by atoms with E-state index in [1.165, 1.54) is 0 Å². The highest BCUT2D eigenvalue weighted by Crippen LogP contribution is 2.21. The van der Waals surface area contributed by atoms with Gasteiger partial charge in [0.1, 0.15) is 5.75 Å². The molecule has 0 aromatic heterocycles. The van der Waals surface area contributed by atoms with Crippen molar-refractivity contribution in [2.24, 2.45) is 5.73 Å². The Morgan fingerprint density at radius 3 is 2.79 bits per heavy atom. The summed E-state index contributed by atoms with van der Waals surface area (Å²) in [4.78, 5) is 0. The molecule has 1 rings (SSSR count). The summed E-state index contributed by atoms with van der Waals surface area (Å²) < 4.78 is 6.38. The van der Waals surface area contributed by atoms with Crippen molar-refractivity contribution in [2.75, 3.05) is 13.2 Å². The third-order valence-corrected chi connectivity index (χ3v) is 2.20. The maximum atomic E-state index is 8.59. The molecule has 0 aliphatic heterocycles. The normalized spacial score (nSPS) is 10.2. The van der Waals surface area contributed by atoms with Crippen molar-refractivity contribution in [3.8, 4) is 5.75 Å². The zero-order chi connectivity index (χ0) is 10.4. The van der Waals surface area contributed by atoms with Crippen LogP contribution in [0.5, 0.6) is 5.75 Å². The van der Waals surface area contributed by atoms with Crippen LogP contribution < -0.4 is 10.5 Å². The number of nitrogens with two attached hydrogens (primary N) is 1. The molecule has 14 heavy (non-hydrogen) atoms. The minimum atomic E-state index is 0.151. The van der Waals surface area contributed by atoms with Crippen molar-refractivity contribution < 1.29 is 9.84 Å². The SMILES string of the molecule is NCc1cc(Br)cc(OCCCO)c1. The van der Waals surface area contributed by atoms with E-state index in [1.54, 1.807) is 0 Å². The van der Waals surface area contributed by atoms with E-state index in [2.05, 4.69) is 15.9 Å². The summed E-state index contributed by atoms with van der Waals surface area (Å²) in [6.07, 6.45) is 0.643. The molecule has 78 valence electrons. The lowest BCUT2D eigenvalue weighted by atomic mass is 10.2. The molecule has 0 fully saturated rings. The minimum Gasteiger partial charge on any atom is -0.493 e. The number of ether oxygens (including phenoxy) is 1. The number of hydrogen-bond acceptors (Lipinski definition) is 3. The van der Waals surface area contributed by atoms with Crippen molar-refractivity contribution in [1.82, 2.24) is 0 Å². The van der Waals surface area contributed by atoms with Crippen LogP contribution in [0, 0.1) is 0 Å². The Hall–Kier alpha value is -0.580. The predicted molar refractivity (Wildman–Crippen MR) is 59.2 cm³/mol. The van der Waals surface area contributed by atoms with Crippen LogP contribution in [-0.2, 0) is 6.54 Å². The van der Waals surface area contributed by atoms with E-state index in [-0.39, 0.29) is 6.61 Å². The van der Waals surface area contributed by atoms with Gasteiger partial charge in [-0.15, -0.1) is 0 Å². The highest BCUT2D eigenvalue weighted by molar-refractivity contribution is 9.10. The maximum Gasteiger partial charge on any atom is 0.120 e. The average molecular weight is 260 g/mol. The maximum absolute atomic E-state index is 8.59. The monoisotopic (exact) mass is 259 g/mol. The first-order chi connectivity index (χ1) is 6.76. The highest BCUT2D eigenvalue weighted by Gasteiger charge is 1.99. The van der Waals surface area contributed by atoms with Crippen molar-refractivity contribution in [3.63, 3.8) is 0 Å². The molecule has 0 saturated heterocycles. The van der Waals surface area contributed by atoms with Gasteiger partial charge < -0.3 is 15.6 Å². The molecular formula is C10H14BrNO2. The summed E-state index contributed by atoms with van der Waals surface area (Å²) >= 11 is 3.38. The third kappa shape index (κ3) is 3.65. The summed E-state index contributed by atoms with van der Waals surface area (Å²) in [6, 6.07) is 5.75. The number of rotatable bonds is 5. The van der Waals surface area contributed by atoms with Gasteiger partial charge in [0.15, 0.2) is 0 Å². The quantitative estimate of drug-likeness (QED) is 0.792. The number of benzene rings is 1. The molecule has 0 spiro atoms. The van der Waals surface area contributed by atoms with Gasteiger partial charge in [-0.1, -0.05) is 15.9 Å². The van der Waals surface area contributed by atoms with Gasteiger partial charge in [-0.2, -0.15) is 0 Å². The molecule has 0 saturated carbocycles. The van der Waals surface area contributed by atoms with Gasteiger partial charge in [0.25, 0.3) is 0 Å². The molecule has 0 atom stereocenters. The molecule has 0 heterocycles. The molecule has 3 N–H and O–H groups in total. The number of aliphatic hydroxyl groups excluding tert-OH is 1. The molecule has 3 nitrogen and oxygen atoms in total. The van der Waals surface area contributed by atoms with Gasteiger partial charge in [0.05, 0.1) is 6.61 Å².